The smallest absolute Gasteiger partial charge is 0.254 e. The first kappa shape index (κ1) is 16.4. The molecular weight excluding hydrogens is 361 g/mol. The highest BCUT2D eigenvalue weighted by Crippen LogP contribution is 2.23. The summed E-state index contributed by atoms with van der Waals surface area (Å²) in [5.74, 6) is -0.203. The van der Waals surface area contributed by atoms with Gasteiger partial charge in [0.05, 0.1) is 24.3 Å². The van der Waals surface area contributed by atoms with Crippen molar-refractivity contribution < 1.29 is 8.42 Å². The van der Waals surface area contributed by atoms with E-state index in [-0.39, 0.29) is 24.4 Å². The molecule has 0 spiro atoms. The highest BCUT2D eigenvalue weighted by atomic mass is 35.5. The van der Waals surface area contributed by atoms with Crippen molar-refractivity contribution in [1.82, 2.24) is 14.3 Å². The Kier molecular flexibility index (Phi) is 4.46. The van der Waals surface area contributed by atoms with E-state index in [0.29, 0.717) is 33.3 Å². The van der Waals surface area contributed by atoms with Gasteiger partial charge < -0.3 is 4.98 Å². The second-order valence-corrected chi connectivity index (χ2v) is 8.12. The maximum Gasteiger partial charge on any atom is 0.254 e. The number of hydrogen-bond donors (Lipinski definition) is 1. The number of aromatic amines is 1. The molecule has 1 aromatic heterocycles. The maximum absolute atomic E-state index is 12.6. The summed E-state index contributed by atoms with van der Waals surface area (Å²) in [5.41, 5.74) is 1.35. The van der Waals surface area contributed by atoms with E-state index >= 15 is 0 Å². The lowest BCUT2D eigenvalue weighted by Crippen LogP contribution is -2.39. The van der Waals surface area contributed by atoms with Gasteiger partial charge in [-0.2, -0.15) is 4.31 Å². The van der Waals surface area contributed by atoms with Gasteiger partial charge in [-0.1, -0.05) is 23.2 Å². The van der Waals surface area contributed by atoms with E-state index in [9.17, 15) is 13.2 Å². The lowest BCUT2D eigenvalue weighted by molar-refractivity contribution is 0.383. The number of fused-ring (bicyclic) bond motifs is 1. The van der Waals surface area contributed by atoms with Crippen LogP contribution >= 0.6 is 23.2 Å². The number of rotatable bonds is 3. The molecule has 0 atom stereocenters. The summed E-state index contributed by atoms with van der Waals surface area (Å²) in [6.45, 7) is 0.342. The molecule has 122 valence electrons. The summed E-state index contributed by atoms with van der Waals surface area (Å²) in [5, 5.41) is 0.778. The molecule has 0 saturated carbocycles. The van der Waals surface area contributed by atoms with E-state index < -0.39 is 10.0 Å². The molecule has 1 aliphatic rings. The number of benzene rings is 1. The Hall–Kier alpha value is -1.41. The molecule has 3 rings (SSSR count). The zero-order valence-corrected chi connectivity index (χ0v) is 14.2. The predicted octanol–water partition coefficient (Wildman–Crippen LogP) is 1.96. The highest BCUT2D eigenvalue weighted by molar-refractivity contribution is 7.88. The molecule has 6 nitrogen and oxygen atoms in total. The quantitative estimate of drug-likeness (QED) is 0.891. The molecule has 9 heteroatoms. The van der Waals surface area contributed by atoms with Crippen LogP contribution in [0.15, 0.2) is 29.3 Å². The Labute approximate surface area is 143 Å². The fourth-order valence-corrected chi connectivity index (χ4v) is 4.61. The predicted molar refractivity (Wildman–Crippen MR) is 88.1 cm³/mol. The van der Waals surface area contributed by atoms with Gasteiger partial charge in [0.15, 0.2) is 0 Å². The van der Waals surface area contributed by atoms with Crippen LogP contribution in [-0.4, -0.2) is 29.2 Å². The van der Waals surface area contributed by atoms with Crippen LogP contribution in [0.5, 0.6) is 0 Å². The van der Waals surface area contributed by atoms with Crippen molar-refractivity contribution >= 4 is 33.2 Å². The van der Waals surface area contributed by atoms with Gasteiger partial charge in [0.1, 0.15) is 0 Å². The van der Waals surface area contributed by atoms with Crippen molar-refractivity contribution in [3.8, 4) is 0 Å². The fourth-order valence-electron chi connectivity index (χ4n) is 2.58. The minimum Gasteiger partial charge on any atom is -0.313 e. The van der Waals surface area contributed by atoms with Crippen molar-refractivity contribution in [2.75, 3.05) is 6.54 Å². The molecule has 0 aliphatic carbocycles. The van der Waals surface area contributed by atoms with Crippen LogP contribution in [0, 0.1) is 0 Å². The summed E-state index contributed by atoms with van der Waals surface area (Å²) in [4.78, 5) is 18.3. The standard InChI is InChI=1S/C14H13Cl2N3O3S/c15-10-3-9(4-11(16)5-10)7-23(21,22)19-2-1-12-13(6-19)17-8-18-14(12)20/h3-5,8H,1-2,6-7H2,(H,17,18,20). The molecule has 1 aliphatic heterocycles. The summed E-state index contributed by atoms with van der Waals surface area (Å²) in [6.07, 6.45) is 1.63. The molecule has 23 heavy (non-hydrogen) atoms. The third-order valence-corrected chi connectivity index (χ3v) is 5.87. The van der Waals surface area contributed by atoms with Crippen LogP contribution in [0.2, 0.25) is 10.0 Å². The second-order valence-electron chi connectivity index (χ2n) is 5.27. The Morgan fingerprint density at radius 3 is 2.61 bits per heavy atom. The van der Waals surface area contributed by atoms with Crippen molar-refractivity contribution in [2.45, 2.75) is 18.7 Å². The lowest BCUT2D eigenvalue weighted by Gasteiger charge is -2.26. The van der Waals surface area contributed by atoms with Crippen molar-refractivity contribution in [2.24, 2.45) is 0 Å². The van der Waals surface area contributed by atoms with Gasteiger partial charge in [-0.3, -0.25) is 4.79 Å². The average Bonchev–Trinajstić information content (AvgIpc) is 2.45. The third kappa shape index (κ3) is 3.58. The van der Waals surface area contributed by atoms with Crippen LogP contribution in [0.3, 0.4) is 0 Å². The summed E-state index contributed by atoms with van der Waals surface area (Å²) in [7, 11) is -3.56. The first-order chi connectivity index (χ1) is 10.8. The summed E-state index contributed by atoms with van der Waals surface area (Å²) >= 11 is 11.8. The number of halogens is 2. The van der Waals surface area contributed by atoms with Crippen molar-refractivity contribution in [3.63, 3.8) is 0 Å². The van der Waals surface area contributed by atoms with E-state index in [0.717, 1.165) is 0 Å². The zero-order valence-electron chi connectivity index (χ0n) is 11.9. The average molecular weight is 374 g/mol. The number of H-pyrrole nitrogens is 1. The lowest BCUT2D eigenvalue weighted by atomic mass is 10.1. The van der Waals surface area contributed by atoms with Crippen LogP contribution in [0.1, 0.15) is 16.8 Å². The number of aromatic nitrogens is 2. The van der Waals surface area contributed by atoms with E-state index in [2.05, 4.69) is 9.97 Å². The van der Waals surface area contributed by atoms with Gasteiger partial charge in [-0.05, 0) is 30.2 Å². The van der Waals surface area contributed by atoms with Gasteiger partial charge in [-0.15, -0.1) is 0 Å². The molecule has 0 amide bonds. The van der Waals surface area contributed by atoms with Gasteiger partial charge in [-0.25, -0.2) is 13.4 Å². The molecule has 2 aromatic rings. The van der Waals surface area contributed by atoms with E-state index in [1.807, 2.05) is 0 Å². The Balaban J connectivity index is 1.85. The Morgan fingerprint density at radius 2 is 1.91 bits per heavy atom. The van der Waals surface area contributed by atoms with Crippen molar-refractivity contribution in [3.05, 3.63) is 61.7 Å². The van der Waals surface area contributed by atoms with Crippen LogP contribution in [-0.2, 0) is 28.7 Å². The van der Waals surface area contributed by atoms with Crippen molar-refractivity contribution in [1.29, 1.82) is 0 Å². The topological polar surface area (TPSA) is 83.1 Å². The Morgan fingerprint density at radius 1 is 1.22 bits per heavy atom. The van der Waals surface area contributed by atoms with Crippen LogP contribution in [0.4, 0.5) is 0 Å². The van der Waals surface area contributed by atoms with E-state index in [1.165, 1.54) is 10.6 Å². The number of nitrogens with zero attached hydrogens (tertiary/aromatic N) is 2. The molecule has 0 fully saturated rings. The molecule has 0 unspecified atom stereocenters. The van der Waals surface area contributed by atoms with Gasteiger partial charge in [0.25, 0.3) is 5.56 Å². The minimum atomic E-state index is -3.56. The monoisotopic (exact) mass is 373 g/mol. The van der Waals surface area contributed by atoms with Gasteiger partial charge >= 0.3 is 0 Å². The normalized spacial score (nSPS) is 15.4. The largest absolute Gasteiger partial charge is 0.313 e. The number of nitrogens with one attached hydrogen (secondary N) is 1. The van der Waals surface area contributed by atoms with Crippen LogP contribution in [0.25, 0.3) is 0 Å². The summed E-state index contributed by atoms with van der Waals surface area (Å²) < 4.78 is 26.5. The molecule has 1 N–H and O–H groups in total. The maximum atomic E-state index is 12.6. The molecule has 1 aromatic carbocycles. The zero-order chi connectivity index (χ0) is 16.6. The summed E-state index contributed by atoms with van der Waals surface area (Å²) in [6, 6.07) is 4.70. The SMILES string of the molecule is O=c1[nH]cnc2c1CCN(S(=O)(=O)Cc1cc(Cl)cc(Cl)c1)C2. The second kappa shape index (κ2) is 6.24. The minimum absolute atomic E-state index is 0.0931. The molecule has 2 heterocycles. The van der Waals surface area contributed by atoms with E-state index in [4.69, 9.17) is 23.2 Å². The number of hydrogen-bond acceptors (Lipinski definition) is 4. The first-order valence-electron chi connectivity index (χ1n) is 6.83. The van der Waals surface area contributed by atoms with Crippen LogP contribution < -0.4 is 5.56 Å². The number of sulfonamides is 1. The molecule has 0 bridgehead atoms. The third-order valence-electron chi connectivity index (χ3n) is 3.64. The molecule has 0 radical (unpaired) electrons. The molecule has 0 saturated heterocycles. The van der Waals surface area contributed by atoms with E-state index in [1.54, 1.807) is 18.2 Å². The van der Waals surface area contributed by atoms with Gasteiger partial charge in [0, 0.05) is 22.2 Å². The fraction of sp³-hybridized carbons (Fsp3) is 0.286. The Bertz CT molecular complexity index is 891. The molecular formula is C14H13Cl2N3O3S. The first-order valence-corrected chi connectivity index (χ1v) is 9.20. The van der Waals surface area contributed by atoms with Gasteiger partial charge in [0.2, 0.25) is 10.0 Å². The highest BCUT2D eigenvalue weighted by Gasteiger charge is 2.29.